The van der Waals surface area contributed by atoms with Gasteiger partial charge in [-0.1, -0.05) is 12.1 Å². The summed E-state index contributed by atoms with van der Waals surface area (Å²) in [7, 11) is 1.35. The molecule has 92 valence electrons. The number of carbonyl (C=O) groups is 2. The molecule has 1 rings (SSSR count). The minimum Gasteiger partial charge on any atom is -0.468 e. The molecule has 0 heterocycles. The van der Waals surface area contributed by atoms with E-state index >= 15 is 0 Å². The maximum absolute atomic E-state index is 10.8. The summed E-state index contributed by atoms with van der Waals surface area (Å²) in [6, 6.07) is 7.40. The predicted molar refractivity (Wildman–Crippen MR) is 64.5 cm³/mol. The summed E-state index contributed by atoms with van der Waals surface area (Å²) in [4.78, 5) is 21.6. The van der Waals surface area contributed by atoms with Gasteiger partial charge in [0.15, 0.2) is 0 Å². The number of methoxy groups -OCH3 is 1. The van der Waals surface area contributed by atoms with Crippen LogP contribution in [-0.4, -0.2) is 25.5 Å². The molecule has 1 aromatic rings. The van der Waals surface area contributed by atoms with Crippen molar-refractivity contribution in [3.63, 3.8) is 0 Å². The zero-order chi connectivity index (χ0) is 12.7. The summed E-state index contributed by atoms with van der Waals surface area (Å²) in [6.07, 6.45) is 0. The maximum atomic E-state index is 10.8. The van der Waals surface area contributed by atoms with E-state index in [-0.39, 0.29) is 18.4 Å². The van der Waals surface area contributed by atoms with Crippen molar-refractivity contribution in [1.29, 1.82) is 0 Å². The number of nitrogens with one attached hydrogen (secondary N) is 2. The van der Waals surface area contributed by atoms with Crippen molar-refractivity contribution in [3.8, 4) is 0 Å². The first kappa shape index (κ1) is 13.2. The van der Waals surface area contributed by atoms with Gasteiger partial charge in [0.25, 0.3) is 0 Å². The predicted octanol–water partition coefficient (Wildman–Crippen LogP) is 0.908. The van der Waals surface area contributed by atoms with Gasteiger partial charge >= 0.3 is 5.97 Å². The van der Waals surface area contributed by atoms with Crippen molar-refractivity contribution in [2.24, 2.45) is 0 Å². The van der Waals surface area contributed by atoms with Gasteiger partial charge in [-0.15, -0.1) is 0 Å². The van der Waals surface area contributed by atoms with Crippen molar-refractivity contribution in [2.75, 3.05) is 19.0 Å². The van der Waals surface area contributed by atoms with Crippen LogP contribution in [0.1, 0.15) is 12.5 Å². The molecule has 0 bridgehead atoms. The number of hydrogen-bond acceptors (Lipinski definition) is 4. The number of anilines is 1. The van der Waals surface area contributed by atoms with Gasteiger partial charge < -0.3 is 15.4 Å². The SMILES string of the molecule is COC(=O)CNCc1ccc(NC(C)=O)cc1. The van der Waals surface area contributed by atoms with E-state index in [0.29, 0.717) is 6.54 Å². The number of hydrogen-bond donors (Lipinski definition) is 2. The molecular weight excluding hydrogens is 220 g/mol. The Morgan fingerprint density at radius 3 is 2.41 bits per heavy atom. The molecule has 5 nitrogen and oxygen atoms in total. The highest BCUT2D eigenvalue weighted by Gasteiger charge is 1.99. The van der Waals surface area contributed by atoms with Gasteiger partial charge in [0, 0.05) is 19.2 Å². The normalized spacial score (nSPS) is 9.76. The van der Waals surface area contributed by atoms with E-state index in [2.05, 4.69) is 15.4 Å². The average Bonchev–Trinajstić information content (AvgIpc) is 2.30. The van der Waals surface area contributed by atoms with Gasteiger partial charge in [0.2, 0.25) is 5.91 Å². The minimum absolute atomic E-state index is 0.0958. The topological polar surface area (TPSA) is 67.4 Å². The zero-order valence-corrected chi connectivity index (χ0v) is 9.95. The Bertz CT molecular complexity index is 387. The summed E-state index contributed by atoms with van der Waals surface area (Å²) in [5.41, 5.74) is 1.79. The molecule has 2 N–H and O–H groups in total. The number of esters is 1. The molecule has 0 saturated carbocycles. The fourth-order valence-electron chi connectivity index (χ4n) is 1.29. The molecule has 0 saturated heterocycles. The Balaban J connectivity index is 2.40. The Morgan fingerprint density at radius 2 is 1.88 bits per heavy atom. The highest BCUT2D eigenvalue weighted by atomic mass is 16.5. The minimum atomic E-state index is -0.292. The number of rotatable bonds is 5. The van der Waals surface area contributed by atoms with Crippen molar-refractivity contribution < 1.29 is 14.3 Å². The highest BCUT2D eigenvalue weighted by molar-refractivity contribution is 5.88. The van der Waals surface area contributed by atoms with Crippen LogP contribution in [0, 0.1) is 0 Å². The van der Waals surface area contributed by atoms with Crippen LogP contribution in [0.25, 0.3) is 0 Å². The fourth-order valence-corrected chi connectivity index (χ4v) is 1.29. The molecule has 0 fully saturated rings. The lowest BCUT2D eigenvalue weighted by Crippen LogP contribution is -2.23. The third-order valence-corrected chi connectivity index (χ3v) is 2.10. The Labute approximate surface area is 100 Å². The lowest BCUT2D eigenvalue weighted by atomic mass is 10.2. The van der Waals surface area contributed by atoms with Crippen molar-refractivity contribution in [1.82, 2.24) is 5.32 Å². The zero-order valence-electron chi connectivity index (χ0n) is 9.95. The quantitative estimate of drug-likeness (QED) is 0.746. The Kier molecular flexibility index (Phi) is 5.16. The first-order valence-corrected chi connectivity index (χ1v) is 5.26. The second-order valence-corrected chi connectivity index (χ2v) is 3.56. The van der Waals surface area contributed by atoms with E-state index in [4.69, 9.17) is 0 Å². The molecule has 0 radical (unpaired) electrons. The summed E-state index contributed by atoms with van der Waals surface area (Å²) in [5.74, 6) is -0.388. The first-order valence-electron chi connectivity index (χ1n) is 5.26. The standard InChI is InChI=1S/C12H16N2O3/c1-9(15)14-11-5-3-10(4-6-11)7-13-8-12(16)17-2/h3-6,13H,7-8H2,1-2H3,(H,14,15). The molecule has 1 aromatic carbocycles. The van der Waals surface area contributed by atoms with E-state index in [1.807, 2.05) is 24.3 Å². The summed E-state index contributed by atoms with van der Waals surface area (Å²) < 4.78 is 4.50. The van der Waals surface area contributed by atoms with Crippen LogP contribution < -0.4 is 10.6 Å². The van der Waals surface area contributed by atoms with Crippen LogP contribution >= 0.6 is 0 Å². The summed E-state index contributed by atoms with van der Waals surface area (Å²) in [6.45, 7) is 2.23. The Hall–Kier alpha value is -1.88. The summed E-state index contributed by atoms with van der Waals surface area (Å²) in [5, 5.41) is 5.63. The largest absolute Gasteiger partial charge is 0.468 e. The molecule has 1 amide bonds. The third-order valence-electron chi connectivity index (χ3n) is 2.10. The first-order chi connectivity index (χ1) is 8.11. The fraction of sp³-hybridized carbons (Fsp3) is 0.333. The Morgan fingerprint density at radius 1 is 1.24 bits per heavy atom. The van der Waals surface area contributed by atoms with Gasteiger partial charge in [-0.05, 0) is 17.7 Å². The van der Waals surface area contributed by atoms with E-state index in [1.54, 1.807) is 0 Å². The average molecular weight is 236 g/mol. The lowest BCUT2D eigenvalue weighted by Gasteiger charge is -2.05. The van der Waals surface area contributed by atoms with E-state index in [9.17, 15) is 9.59 Å². The van der Waals surface area contributed by atoms with Crippen LogP contribution in [0.3, 0.4) is 0 Å². The molecule has 0 spiro atoms. The molecule has 0 aromatic heterocycles. The molecule has 0 aliphatic rings. The number of amides is 1. The molecule has 5 heteroatoms. The lowest BCUT2D eigenvalue weighted by molar-refractivity contribution is -0.139. The summed E-state index contributed by atoms with van der Waals surface area (Å²) >= 11 is 0. The number of carbonyl (C=O) groups excluding carboxylic acids is 2. The van der Waals surface area contributed by atoms with Gasteiger partial charge in [0.1, 0.15) is 0 Å². The second kappa shape index (κ2) is 6.65. The molecule has 17 heavy (non-hydrogen) atoms. The second-order valence-electron chi connectivity index (χ2n) is 3.56. The molecule has 0 unspecified atom stereocenters. The van der Waals surface area contributed by atoms with Crippen LogP contribution in [0.15, 0.2) is 24.3 Å². The van der Waals surface area contributed by atoms with Crippen molar-refractivity contribution in [3.05, 3.63) is 29.8 Å². The van der Waals surface area contributed by atoms with Crippen LogP contribution in [0.5, 0.6) is 0 Å². The van der Waals surface area contributed by atoms with E-state index in [1.165, 1.54) is 14.0 Å². The smallest absolute Gasteiger partial charge is 0.319 e. The number of ether oxygens (including phenoxy) is 1. The molecule has 0 atom stereocenters. The van der Waals surface area contributed by atoms with Gasteiger partial charge in [-0.3, -0.25) is 9.59 Å². The molecule has 0 aliphatic carbocycles. The molecule has 0 aliphatic heterocycles. The van der Waals surface area contributed by atoms with Crippen molar-refractivity contribution in [2.45, 2.75) is 13.5 Å². The van der Waals surface area contributed by atoms with Gasteiger partial charge in [-0.2, -0.15) is 0 Å². The third kappa shape index (κ3) is 5.12. The van der Waals surface area contributed by atoms with Crippen LogP contribution in [0.4, 0.5) is 5.69 Å². The molecular formula is C12H16N2O3. The highest BCUT2D eigenvalue weighted by Crippen LogP contribution is 2.09. The van der Waals surface area contributed by atoms with Crippen molar-refractivity contribution >= 4 is 17.6 Å². The monoisotopic (exact) mass is 236 g/mol. The maximum Gasteiger partial charge on any atom is 0.319 e. The van der Waals surface area contributed by atoms with Crippen LogP contribution in [-0.2, 0) is 20.9 Å². The van der Waals surface area contributed by atoms with Gasteiger partial charge in [-0.25, -0.2) is 0 Å². The van der Waals surface area contributed by atoms with Crippen LogP contribution in [0.2, 0.25) is 0 Å². The van der Waals surface area contributed by atoms with Gasteiger partial charge in [0.05, 0.1) is 13.7 Å². The van der Waals surface area contributed by atoms with E-state index < -0.39 is 0 Å². The number of benzene rings is 1. The van der Waals surface area contributed by atoms with E-state index in [0.717, 1.165) is 11.3 Å².